The van der Waals surface area contributed by atoms with E-state index in [0.29, 0.717) is 19.0 Å². The van der Waals surface area contributed by atoms with Crippen LogP contribution in [0.1, 0.15) is 5.56 Å². The van der Waals surface area contributed by atoms with E-state index in [2.05, 4.69) is 20.7 Å². The highest BCUT2D eigenvalue weighted by Gasteiger charge is 2.10. The Hall–Kier alpha value is -3.15. The lowest BCUT2D eigenvalue weighted by Gasteiger charge is -2.18. The van der Waals surface area contributed by atoms with Crippen LogP contribution < -0.4 is 14.9 Å². The van der Waals surface area contributed by atoms with Gasteiger partial charge in [0.15, 0.2) is 17.3 Å². The van der Waals surface area contributed by atoms with Crippen LogP contribution in [-0.4, -0.2) is 29.6 Å². The lowest BCUT2D eigenvalue weighted by Crippen LogP contribution is -2.15. The molecule has 6 heteroatoms. The summed E-state index contributed by atoms with van der Waals surface area (Å²) in [6, 6.07) is 13.6. The largest absolute Gasteiger partial charge is 0.486 e. The molecule has 4 rings (SSSR count). The van der Waals surface area contributed by atoms with Crippen molar-refractivity contribution in [2.75, 3.05) is 18.6 Å². The van der Waals surface area contributed by atoms with Gasteiger partial charge in [0.25, 0.3) is 0 Å². The maximum atomic E-state index is 5.56. The zero-order valence-corrected chi connectivity index (χ0v) is 12.3. The van der Waals surface area contributed by atoms with Gasteiger partial charge in [-0.1, -0.05) is 24.3 Å². The van der Waals surface area contributed by atoms with Crippen molar-refractivity contribution in [1.82, 2.24) is 10.2 Å². The van der Waals surface area contributed by atoms with Crippen molar-refractivity contribution in [3.8, 4) is 11.5 Å². The molecule has 0 unspecified atom stereocenters. The highest BCUT2D eigenvalue weighted by Crippen LogP contribution is 2.30. The number of benzene rings is 2. The van der Waals surface area contributed by atoms with Crippen LogP contribution in [0.3, 0.4) is 0 Å². The molecule has 0 spiro atoms. The van der Waals surface area contributed by atoms with Crippen LogP contribution in [0.4, 0.5) is 5.82 Å². The molecule has 0 bridgehead atoms. The minimum atomic E-state index is 0.567. The van der Waals surface area contributed by atoms with Crippen LogP contribution in [0.2, 0.25) is 0 Å². The number of rotatable bonds is 3. The number of fused-ring (bicyclic) bond motifs is 2. The molecule has 6 nitrogen and oxygen atoms in total. The third-order valence-electron chi connectivity index (χ3n) is 3.52. The van der Waals surface area contributed by atoms with Gasteiger partial charge in [0, 0.05) is 10.8 Å². The first-order chi connectivity index (χ1) is 11.4. The first kappa shape index (κ1) is 13.5. The summed E-state index contributed by atoms with van der Waals surface area (Å²) in [5, 5.41) is 14.3. The second-order valence-corrected chi connectivity index (χ2v) is 5.05. The second kappa shape index (κ2) is 5.92. The highest BCUT2D eigenvalue weighted by molar-refractivity contribution is 5.91. The van der Waals surface area contributed by atoms with Crippen molar-refractivity contribution >= 4 is 22.8 Å². The van der Waals surface area contributed by atoms with E-state index in [4.69, 9.17) is 9.47 Å². The van der Waals surface area contributed by atoms with Gasteiger partial charge in [0.2, 0.25) is 0 Å². The quantitative estimate of drug-likeness (QED) is 0.595. The summed E-state index contributed by atoms with van der Waals surface area (Å²) < 4.78 is 11.1. The van der Waals surface area contributed by atoms with Crippen molar-refractivity contribution < 1.29 is 9.47 Å². The number of nitrogens with one attached hydrogen (secondary N) is 1. The Bertz CT molecular complexity index is 874. The number of ether oxygens (including phenoxy) is 2. The molecule has 0 amide bonds. The third kappa shape index (κ3) is 2.78. The van der Waals surface area contributed by atoms with E-state index in [1.165, 1.54) is 0 Å². The van der Waals surface area contributed by atoms with E-state index in [9.17, 15) is 0 Å². The van der Waals surface area contributed by atoms with Crippen LogP contribution in [-0.2, 0) is 0 Å². The molecule has 0 fully saturated rings. The average molecular weight is 306 g/mol. The Kier molecular flexibility index (Phi) is 3.48. The van der Waals surface area contributed by atoms with Gasteiger partial charge in [0.1, 0.15) is 13.2 Å². The molecular weight excluding hydrogens is 292 g/mol. The fourth-order valence-electron chi connectivity index (χ4n) is 2.42. The fraction of sp³-hybridized carbons (Fsp3) is 0.118. The third-order valence-corrected chi connectivity index (χ3v) is 3.52. The SMILES string of the molecule is C(=NNc1nncc2ccccc12)c1ccc2c(c1)OCCO2. The molecule has 1 aliphatic rings. The molecule has 1 N–H and O–H groups in total. The van der Waals surface area contributed by atoms with Crippen LogP contribution in [0.25, 0.3) is 10.8 Å². The molecule has 0 aliphatic carbocycles. The van der Waals surface area contributed by atoms with Crippen LogP contribution in [0, 0.1) is 0 Å². The van der Waals surface area contributed by atoms with E-state index < -0.39 is 0 Å². The van der Waals surface area contributed by atoms with Crippen molar-refractivity contribution in [3.05, 3.63) is 54.2 Å². The first-order valence-corrected chi connectivity index (χ1v) is 7.29. The topological polar surface area (TPSA) is 68.6 Å². The van der Waals surface area contributed by atoms with Gasteiger partial charge in [0.05, 0.1) is 12.4 Å². The minimum absolute atomic E-state index is 0.567. The van der Waals surface area contributed by atoms with Crippen molar-refractivity contribution in [2.45, 2.75) is 0 Å². The number of nitrogens with zero attached hydrogens (tertiary/aromatic N) is 3. The Labute approximate surface area is 132 Å². The normalized spacial score (nSPS) is 13.4. The zero-order valence-electron chi connectivity index (χ0n) is 12.3. The number of hydrogen-bond acceptors (Lipinski definition) is 6. The smallest absolute Gasteiger partial charge is 0.176 e. The predicted molar refractivity (Wildman–Crippen MR) is 88.2 cm³/mol. The van der Waals surface area contributed by atoms with Gasteiger partial charge >= 0.3 is 0 Å². The molecular formula is C17H14N4O2. The van der Waals surface area contributed by atoms with Crippen molar-refractivity contribution in [2.24, 2.45) is 5.10 Å². The summed E-state index contributed by atoms with van der Waals surface area (Å²) in [5.41, 5.74) is 3.85. The monoisotopic (exact) mass is 306 g/mol. The average Bonchev–Trinajstić information content (AvgIpc) is 2.62. The van der Waals surface area contributed by atoms with E-state index in [0.717, 1.165) is 27.8 Å². The lowest BCUT2D eigenvalue weighted by atomic mass is 10.2. The van der Waals surface area contributed by atoms with Crippen LogP contribution in [0.5, 0.6) is 11.5 Å². The summed E-state index contributed by atoms with van der Waals surface area (Å²) >= 11 is 0. The molecule has 114 valence electrons. The summed E-state index contributed by atoms with van der Waals surface area (Å²) in [6.45, 7) is 1.15. The van der Waals surface area contributed by atoms with Crippen LogP contribution in [0.15, 0.2) is 53.8 Å². The standard InChI is InChI=1S/C17H14N4O2/c1-2-4-14-13(3-1)11-19-21-17(14)20-18-10-12-5-6-15-16(9-12)23-8-7-22-15/h1-6,9-11H,7-8H2,(H,20,21). The molecule has 23 heavy (non-hydrogen) atoms. The maximum Gasteiger partial charge on any atom is 0.176 e. The second-order valence-electron chi connectivity index (χ2n) is 5.05. The molecule has 1 aromatic heterocycles. The summed E-state index contributed by atoms with van der Waals surface area (Å²) in [4.78, 5) is 0. The number of anilines is 1. The van der Waals surface area contributed by atoms with Crippen molar-refractivity contribution in [3.63, 3.8) is 0 Å². The molecule has 2 heterocycles. The van der Waals surface area contributed by atoms with Gasteiger partial charge in [-0.25, -0.2) is 0 Å². The van der Waals surface area contributed by atoms with E-state index >= 15 is 0 Å². The van der Waals surface area contributed by atoms with Gasteiger partial charge < -0.3 is 9.47 Å². The van der Waals surface area contributed by atoms with E-state index in [1.54, 1.807) is 12.4 Å². The van der Waals surface area contributed by atoms with Crippen molar-refractivity contribution in [1.29, 1.82) is 0 Å². The number of hydrogen-bond donors (Lipinski definition) is 1. The van der Waals surface area contributed by atoms with Gasteiger partial charge in [-0.3, -0.25) is 5.43 Å². The van der Waals surface area contributed by atoms with E-state index in [-0.39, 0.29) is 0 Å². The lowest BCUT2D eigenvalue weighted by molar-refractivity contribution is 0.171. The molecule has 2 aromatic carbocycles. The number of aromatic nitrogens is 2. The summed E-state index contributed by atoms with van der Waals surface area (Å²) in [5.74, 6) is 2.13. The molecule has 0 saturated heterocycles. The minimum Gasteiger partial charge on any atom is -0.486 e. The molecule has 0 saturated carbocycles. The first-order valence-electron chi connectivity index (χ1n) is 7.29. The maximum absolute atomic E-state index is 5.56. The van der Waals surface area contributed by atoms with Gasteiger partial charge in [-0.15, -0.1) is 5.10 Å². The summed E-state index contributed by atoms with van der Waals surface area (Å²) in [6.07, 6.45) is 3.44. The number of hydrazone groups is 1. The molecule has 0 atom stereocenters. The van der Waals surface area contributed by atoms with Gasteiger partial charge in [-0.2, -0.15) is 10.2 Å². The Morgan fingerprint density at radius 3 is 2.87 bits per heavy atom. The van der Waals surface area contributed by atoms with Crippen LogP contribution >= 0.6 is 0 Å². The molecule has 3 aromatic rings. The van der Waals surface area contributed by atoms with E-state index in [1.807, 2.05) is 42.5 Å². The fourth-order valence-corrected chi connectivity index (χ4v) is 2.42. The Morgan fingerprint density at radius 2 is 1.91 bits per heavy atom. The summed E-state index contributed by atoms with van der Waals surface area (Å²) in [7, 11) is 0. The predicted octanol–water partition coefficient (Wildman–Crippen LogP) is 2.85. The molecule has 0 radical (unpaired) electrons. The Morgan fingerprint density at radius 1 is 1.04 bits per heavy atom. The highest BCUT2D eigenvalue weighted by atomic mass is 16.6. The zero-order chi connectivity index (χ0) is 15.5. The molecule has 1 aliphatic heterocycles. The Balaban J connectivity index is 1.55. The van der Waals surface area contributed by atoms with Gasteiger partial charge in [-0.05, 0) is 23.8 Å².